The fourth-order valence-corrected chi connectivity index (χ4v) is 3.27. The molecule has 1 aliphatic rings. The van der Waals surface area contributed by atoms with Crippen LogP contribution < -0.4 is 11.1 Å². The van der Waals surface area contributed by atoms with Crippen LogP contribution in [0.3, 0.4) is 0 Å². The average molecular weight is 320 g/mol. The van der Waals surface area contributed by atoms with E-state index in [1.165, 1.54) is 0 Å². The van der Waals surface area contributed by atoms with Crippen LogP contribution in [0.5, 0.6) is 0 Å². The highest BCUT2D eigenvalue weighted by Crippen LogP contribution is 2.34. The molecule has 0 radical (unpaired) electrons. The smallest absolute Gasteiger partial charge is 0.407 e. The number of aliphatic carboxylic acids is 1. The fraction of sp³-hybridized carbons (Fsp3) is 0.529. The largest absolute Gasteiger partial charge is 0.481 e. The average Bonchev–Trinajstić information content (AvgIpc) is 2.53. The summed E-state index contributed by atoms with van der Waals surface area (Å²) < 4.78 is 5.23. The van der Waals surface area contributed by atoms with Gasteiger partial charge in [0.1, 0.15) is 6.61 Å². The van der Waals surface area contributed by atoms with E-state index in [9.17, 15) is 14.7 Å². The Kier molecular flexibility index (Phi) is 5.98. The summed E-state index contributed by atoms with van der Waals surface area (Å²) in [4.78, 5) is 23.3. The first-order chi connectivity index (χ1) is 11.0. The summed E-state index contributed by atoms with van der Waals surface area (Å²) in [6.45, 7) is 0.665. The number of alkyl carbamates (subject to hydrolysis) is 1. The number of carbonyl (C=O) groups is 2. The highest BCUT2D eigenvalue weighted by Gasteiger charge is 2.39. The number of carbonyl (C=O) groups excluding carboxylic acids is 1. The lowest BCUT2D eigenvalue weighted by atomic mass is 9.74. The number of nitrogens with two attached hydrogens (primary N) is 1. The van der Waals surface area contributed by atoms with Crippen molar-refractivity contribution in [2.45, 2.75) is 44.2 Å². The molecule has 126 valence electrons. The molecular formula is C17H24N2O4. The van der Waals surface area contributed by atoms with Gasteiger partial charge in [0.25, 0.3) is 0 Å². The second-order valence-electron chi connectivity index (χ2n) is 6.24. The minimum Gasteiger partial charge on any atom is -0.481 e. The Hall–Kier alpha value is -2.08. The van der Waals surface area contributed by atoms with Crippen LogP contribution in [0.2, 0.25) is 0 Å². The zero-order valence-electron chi connectivity index (χ0n) is 13.2. The zero-order chi connectivity index (χ0) is 16.7. The van der Waals surface area contributed by atoms with Crippen molar-refractivity contribution in [1.29, 1.82) is 0 Å². The Balaban J connectivity index is 1.96. The molecule has 2 atom stereocenters. The number of amides is 1. The van der Waals surface area contributed by atoms with Gasteiger partial charge < -0.3 is 20.9 Å². The molecule has 1 aliphatic carbocycles. The molecule has 1 aromatic carbocycles. The Morgan fingerprint density at radius 3 is 2.74 bits per heavy atom. The van der Waals surface area contributed by atoms with Gasteiger partial charge in [-0.25, -0.2) is 4.79 Å². The minimum atomic E-state index is -0.925. The molecule has 1 saturated carbocycles. The molecule has 0 aliphatic heterocycles. The van der Waals surface area contributed by atoms with Crippen molar-refractivity contribution in [2.24, 2.45) is 11.7 Å². The molecule has 6 nitrogen and oxygen atoms in total. The van der Waals surface area contributed by atoms with E-state index in [1.807, 2.05) is 30.3 Å². The van der Waals surface area contributed by atoms with Crippen LogP contribution in [0.1, 0.15) is 37.7 Å². The molecule has 0 bridgehead atoms. The van der Waals surface area contributed by atoms with E-state index in [4.69, 9.17) is 10.5 Å². The van der Waals surface area contributed by atoms with Gasteiger partial charge in [-0.3, -0.25) is 4.79 Å². The third-order valence-electron chi connectivity index (χ3n) is 4.35. The first-order valence-corrected chi connectivity index (χ1v) is 7.94. The summed E-state index contributed by atoms with van der Waals surface area (Å²) in [5, 5.41) is 12.0. The van der Waals surface area contributed by atoms with Crippen molar-refractivity contribution < 1.29 is 19.4 Å². The van der Waals surface area contributed by atoms with Gasteiger partial charge in [-0.1, -0.05) is 36.8 Å². The maximum Gasteiger partial charge on any atom is 0.407 e. The predicted molar refractivity (Wildman–Crippen MR) is 85.8 cm³/mol. The molecule has 2 unspecified atom stereocenters. The van der Waals surface area contributed by atoms with Gasteiger partial charge in [0.05, 0.1) is 12.0 Å². The second kappa shape index (κ2) is 7.97. The third-order valence-corrected chi connectivity index (χ3v) is 4.35. The molecular weight excluding hydrogens is 296 g/mol. The van der Waals surface area contributed by atoms with Crippen LogP contribution in [0.15, 0.2) is 30.3 Å². The zero-order valence-corrected chi connectivity index (χ0v) is 13.2. The molecule has 2 rings (SSSR count). The van der Waals surface area contributed by atoms with E-state index in [-0.39, 0.29) is 18.9 Å². The lowest BCUT2D eigenvalue weighted by Gasteiger charge is -2.40. The Labute approximate surface area is 136 Å². The number of hydrogen-bond acceptors (Lipinski definition) is 4. The van der Waals surface area contributed by atoms with Crippen LogP contribution in [0, 0.1) is 5.92 Å². The van der Waals surface area contributed by atoms with Crippen molar-refractivity contribution in [3.63, 3.8) is 0 Å². The van der Waals surface area contributed by atoms with Crippen molar-refractivity contribution in [3.05, 3.63) is 35.9 Å². The predicted octanol–water partition coefficient (Wildman–Crippen LogP) is 2.28. The molecule has 0 spiro atoms. The Morgan fingerprint density at radius 1 is 1.35 bits per heavy atom. The summed E-state index contributed by atoms with van der Waals surface area (Å²) in [6, 6.07) is 9.36. The van der Waals surface area contributed by atoms with Crippen molar-refractivity contribution in [1.82, 2.24) is 5.32 Å². The van der Waals surface area contributed by atoms with E-state index in [2.05, 4.69) is 5.32 Å². The van der Waals surface area contributed by atoms with Gasteiger partial charge in [-0.2, -0.15) is 0 Å². The standard InChI is InChI=1S/C17H24N2O4/c18-11-14-7-4-8-17(9-14,10-15(20)21)19-16(22)23-12-13-5-2-1-3-6-13/h1-3,5-6,14H,4,7-12,18H2,(H,19,22)(H,20,21). The van der Waals surface area contributed by atoms with E-state index < -0.39 is 17.6 Å². The number of nitrogens with one attached hydrogen (secondary N) is 1. The summed E-state index contributed by atoms with van der Waals surface area (Å²) >= 11 is 0. The van der Waals surface area contributed by atoms with Crippen LogP contribution in [-0.4, -0.2) is 29.3 Å². The summed E-state index contributed by atoms with van der Waals surface area (Å²) in [5.74, 6) is -0.691. The van der Waals surface area contributed by atoms with E-state index >= 15 is 0 Å². The molecule has 0 heterocycles. The summed E-state index contributed by atoms with van der Waals surface area (Å²) in [7, 11) is 0. The van der Waals surface area contributed by atoms with Gasteiger partial charge in [0.15, 0.2) is 0 Å². The number of hydrogen-bond donors (Lipinski definition) is 3. The molecule has 1 fully saturated rings. The highest BCUT2D eigenvalue weighted by molar-refractivity contribution is 5.72. The first kappa shape index (κ1) is 17.3. The normalized spacial score (nSPS) is 24.0. The molecule has 4 N–H and O–H groups in total. The molecule has 23 heavy (non-hydrogen) atoms. The Morgan fingerprint density at radius 2 is 2.09 bits per heavy atom. The second-order valence-corrected chi connectivity index (χ2v) is 6.24. The lowest BCUT2D eigenvalue weighted by Crippen LogP contribution is -2.53. The van der Waals surface area contributed by atoms with Crippen LogP contribution in [0.4, 0.5) is 4.79 Å². The summed E-state index contributed by atoms with van der Waals surface area (Å²) in [5.41, 5.74) is 5.85. The van der Waals surface area contributed by atoms with E-state index in [0.717, 1.165) is 18.4 Å². The number of carboxylic acid groups (broad SMARTS) is 1. The van der Waals surface area contributed by atoms with E-state index in [0.29, 0.717) is 19.4 Å². The summed E-state index contributed by atoms with van der Waals surface area (Å²) in [6.07, 6.45) is 2.36. The number of benzene rings is 1. The number of rotatable bonds is 6. The lowest BCUT2D eigenvalue weighted by molar-refractivity contribution is -0.139. The minimum absolute atomic E-state index is 0.107. The van der Waals surface area contributed by atoms with Gasteiger partial charge >= 0.3 is 12.1 Å². The maximum atomic E-state index is 12.1. The fourth-order valence-electron chi connectivity index (χ4n) is 3.27. The van der Waals surface area contributed by atoms with Gasteiger partial charge in [0.2, 0.25) is 0 Å². The van der Waals surface area contributed by atoms with Gasteiger partial charge in [-0.05, 0) is 37.3 Å². The monoisotopic (exact) mass is 320 g/mol. The molecule has 1 aromatic rings. The molecule has 0 aromatic heterocycles. The van der Waals surface area contributed by atoms with Crippen molar-refractivity contribution in [3.8, 4) is 0 Å². The Bertz CT molecular complexity index is 535. The quantitative estimate of drug-likeness (QED) is 0.746. The molecule has 1 amide bonds. The van der Waals surface area contributed by atoms with Crippen molar-refractivity contribution >= 4 is 12.1 Å². The topological polar surface area (TPSA) is 102 Å². The van der Waals surface area contributed by atoms with Gasteiger partial charge in [0, 0.05) is 0 Å². The number of carboxylic acids is 1. The van der Waals surface area contributed by atoms with Crippen LogP contribution >= 0.6 is 0 Å². The first-order valence-electron chi connectivity index (χ1n) is 7.94. The van der Waals surface area contributed by atoms with Crippen LogP contribution in [-0.2, 0) is 16.1 Å². The number of ether oxygens (including phenoxy) is 1. The van der Waals surface area contributed by atoms with Crippen LogP contribution in [0.25, 0.3) is 0 Å². The maximum absolute atomic E-state index is 12.1. The van der Waals surface area contributed by atoms with Crippen molar-refractivity contribution in [2.75, 3.05) is 6.54 Å². The molecule has 0 saturated heterocycles. The highest BCUT2D eigenvalue weighted by atomic mass is 16.5. The van der Waals surface area contributed by atoms with Gasteiger partial charge in [-0.15, -0.1) is 0 Å². The van der Waals surface area contributed by atoms with E-state index in [1.54, 1.807) is 0 Å². The molecule has 6 heteroatoms. The third kappa shape index (κ3) is 5.25. The SMILES string of the molecule is NCC1CCCC(CC(=O)O)(NC(=O)OCc2ccccc2)C1.